The molecule has 1 atom stereocenters. The van der Waals surface area contributed by atoms with Gasteiger partial charge in [-0.3, -0.25) is 9.59 Å². The fourth-order valence-corrected chi connectivity index (χ4v) is 3.31. The van der Waals surface area contributed by atoms with Crippen LogP contribution in [-0.2, 0) is 11.8 Å². The number of imidazole rings is 1. The number of aryl methyl sites for hydroxylation is 3. The van der Waals surface area contributed by atoms with Crippen LogP contribution in [0.2, 0.25) is 0 Å². The maximum absolute atomic E-state index is 12.8. The molecular weight excluding hydrogens is 408 g/mol. The van der Waals surface area contributed by atoms with Crippen molar-refractivity contribution in [2.75, 3.05) is 20.8 Å². The summed E-state index contributed by atoms with van der Waals surface area (Å²) in [4.78, 5) is 29.6. The second kappa shape index (κ2) is 10.00. The molecule has 0 radical (unpaired) electrons. The molecule has 0 saturated heterocycles. The third-order valence-corrected chi connectivity index (χ3v) is 5.31. The fraction of sp³-hybridized carbons (Fsp3) is 0.292. The average Bonchev–Trinajstić information content (AvgIpc) is 3.22. The highest BCUT2D eigenvalue weighted by Gasteiger charge is 2.22. The lowest BCUT2D eigenvalue weighted by Gasteiger charge is -2.20. The fourth-order valence-electron chi connectivity index (χ4n) is 3.31. The first-order chi connectivity index (χ1) is 15.3. The molecular formula is C24H28N4O4. The Morgan fingerprint density at radius 2 is 1.72 bits per heavy atom. The number of aromatic nitrogens is 2. The Morgan fingerprint density at radius 3 is 2.28 bits per heavy atom. The zero-order chi connectivity index (χ0) is 23.3. The van der Waals surface area contributed by atoms with Crippen molar-refractivity contribution in [3.05, 3.63) is 76.9 Å². The Morgan fingerprint density at radius 1 is 1.03 bits per heavy atom. The SMILES string of the molecule is COc1cc(OC)cc(C(NC(=O)CNC(=O)c2ccc(C)c(C)c2)c2nccn2C)c1. The molecule has 0 aliphatic carbocycles. The van der Waals surface area contributed by atoms with E-state index < -0.39 is 6.04 Å². The van der Waals surface area contributed by atoms with Crippen LogP contribution in [0, 0.1) is 13.8 Å². The van der Waals surface area contributed by atoms with Crippen molar-refractivity contribution in [1.82, 2.24) is 20.2 Å². The third-order valence-electron chi connectivity index (χ3n) is 5.31. The summed E-state index contributed by atoms with van der Waals surface area (Å²) in [6.45, 7) is 3.75. The minimum Gasteiger partial charge on any atom is -0.497 e. The van der Waals surface area contributed by atoms with Gasteiger partial charge in [-0.15, -0.1) is 0 Å². The van der Waals surface area contributed by atoms with Crippen LogP contribution < -0.4 is 20.1 Å². The standard InChI is InChI=1S/C24H28N4O4/c1-15-6-7-17(10-16(15)2)24(30)26-14-21(29)27-22(23-25-8-9-28(23)3)18-11-19(31-4)13-20(12-18)32-5/h6-13,22H,14H2,1-5H3,(H,26,30)(H,27,29). The van der Waals surface area contributed by atoms with E-state index in [2.05, 4.69) is 15.6 Å². The topological polar surface area (TPSA) is 94.5 Å². The van der Waals surface area contributed by atoms with Crippen molar-refractivity contribution >= 4 is 11.8 Å². The molecule has 2 aromatic carbocycles. The number of carbonyl (C=O) groups is 2. The summed E-state index contributed by atoms with van der Waals surface area (Å²) in [5.74, 6) is 1.16. The first-order valence-corrected chi connectivity index (χ1v) is 10.2. The Balaban J connectivity index is 1.78. The van der Waals surface area contributed by atoms with Crippen molar-refractivity contribution in [2.45, 2.75) is 19.9 Å². The van der Waals surface area contributed by atoms with Crippen LogP contribution in [0.25, 0.3) is 0 Å². The smallest absolute Gasteiger partial charge is 0.251 e. The largest absolute Gasteiger partial charge is 0.497 e. The van der Waals surface area contributed by atoms with Gasteiger partial charge < -0.3 is 24.7 Å². The number of benzene rings is 2. The molecule has 1 unspecified atom stereocenters. The van der Waals surface area contributed by atoms with Crippen LogP contribution in [0.3, 0.4) is 0 Å². The van der Waals surface area contributed by atoms with Gasteiger partial charge in [0.15, 0.2) is 0 Å². The lowest BCUT2D eigenvalue weighted by molar-refractivity contribution is -0.120. The van der Waals surface area contributed by atoms with Crippen LogP contribution >= 0.6 is 0 Å². The molecule has 0 spiro atoms. The summed E-state index contributed by atoms with van der Waals surface area (Å²) >= 11 is 0. The van der Waals surface area contributed by atoms with Crippen LogP contribution in [-0.4, -0.2) is 42.1 Å². The van der Waals surface area contributed by atoms with E-state index in [1.54, 1.807) is 38.7 Å². The van der Waals surface area contributed by atoms with Gasteiger partial charge in [-0.2, -0.15) is 0 Å². The van der Waals surface area contributed by atoms with Crippen LogP contribution in [0.4, 0.5) is 0 Å². The number of rotatable bonds is 8. The van der Waals surface area contributed by atoms with Gasteiger partial charge in [0.2, 0.25) is 5.91 Å². The Labute approximate surface area is 187 Å². The zero-order valence-corrected chi connectivity index (χ0v) is 18.9. The van der Waals surface area contributed by atoms with Gasteiger partial charge in [0.1, 0.15) is 23.4 Å². The predicted molar refractivity (Wildman–Crippen MR) is 121 cm³/mol. The highest BCUT2D eigenvalue weighted by molar-refractivity contribution is 5.96. The monoisotopic (exact) mass is 436 g/mol. The third kappa shape index (κ3) is 5.26. The van der Waals surface area contributed by atoms with E-state index in [-0.39, 0.29) is 18.4 Å². The molecule has 1 heterocycles. The number of ether oxygens (including phenoxy) is 2. The molecule has 0 saturated carbocycles. The Kier molecular flexibility index (Phi) is 7.14. The first-order valence-electron chi connectivity index (χ1n) is 10.2. The van der Waals surface area contributed by atoms with E-state index in [0.29, 0.717) is 22.9 Å². The summed E-state index contributed by atoms with van der Waals surface area (Å²) in [7, 11) is 4.98. The number of nitrogens with zero attached hydrogens (tertiary/aromatic N) is 2. The number of methoxy groups -OCH3 is 2. The lowest BCUT2D eigenvalue weighted by atomic mass is 10.0. The molecule has 2 amide bonds. The van der Waals surface area contributed by atoms with Crippen molar-refractivity contribution < 1.29 is 19.1 Å². The van der Waals surface area contributed by atoms with E-state index in [9.17, 15) is 9.59 Å². The van der Waals surface area contributed by atoms with Gasteiger partial charge in [-0.1, -0.05) is 6.07 Å². The first kappa shape index (κ1) is 22.9. The molecule has 0 aliphatic rings. The number of amides is 2. The van der Waals surface area contributed by atoms with Crippen LogP contribution in [0.5, 0.6) is 11.5 Å². The molecule has 168 valence electrons. The highest BCUT2D eigenvalue weighted by atomic mass is 16.5. The average molecular weight is 437 g/mol. The van der Waals surface area contributed by atoms with Gasteiger partial charge >= 0.3 is 0 Å². The van der Waals surface area contributed by atoms with Gasteiger partial charge in [0.05, 0.1) is 20.8 Å². The molecule has 8 heteroatoms. The molecule has 0 aliphatic heterocycles. The lowest BCUT2D eigenvalue weighted by Crippen LogP contribution is -2.39. The van der Waals surface area contributed by atoms with Crippen LogP contribution in [0.1, 0.15) is 38.9 Å². The summed E-state index contributed by atoms with van der Waals surface area (Å²) in [5, 5.41) is 5.64. The zero-order valence-electron chi connectivity index (χ0n) is 18.9. The molecule has 8 nitrogen and oxygen atoms in total. The van der Waals surface area contributed by atoms with Gasteiger partial charge in [-0.25, -0.2) is 4.98 Å². The van der Waals surface area contributed by atoms with E-state index >= 15 is 0 Å². The van der Waals surface area contributed by atoms with Crippen molar-refractivity contribution in [3.63, 3.8) is 0 Å². The minimum atomic E-state index is -0.565. The Hall–Kier alpha value is -3.81. The molecule has 3 aromatic rings. The molecule has 3 rings (SSSR count). The quantitative estimate of drug-likeness (QED) is 0.566. The van der Waals surface area contributed by atoms with Crippen molar-refractivity contribution in [3.8, 4) is 11.5 Å². The molecule has 0 bridgehead atoms. The summed E-state index contributed by atoms with van der Waals surface area (Å²) in [5.41, 5.74) is 3.37. The van der Waals surface area contributed by atoms with E-state index in [1.165, 1.54) is 0 Å². The second-order valence-corrected chi connectivity index (χ2v) is 7.52. The maximum Gasteiger partial charge on any atom is 0.251 e. The normalized spacial score (nSPS) is 11.5. The summed E-state index contributed by atoms with van der Waals surface area (Å²) in [6.07, 6.45) is 3.46. The van der Waals surface area contributed by atoms with Crippen molar-refractivity contribution in [1.29, 1.82) is 0 Å². The van der Waals surface area contributed by atoms with Gasteiger partial charge in [0.25, 0.3) is 5.91 Å². The van der Waals surface area contributed by atoms with Gasteiger partial charge in [-0.05, 0) is 54.8 Å². The molecule has 1 aromatic heterocycles. The number of nitrogens with one attached hydrogen (secondary N) is 2. The molecule has 0 fully saturated rings. The number of hydrogen-bond acceptors (Lipinski definition) is 5. The molecule has 32 heavy (non-hydrogen) atoms. The van der Waals surface area contributed by atoms with Crippen molar-refractivity contribution in [2.24, 2.45) is 7.05 Å². The Bertz CT molecular complexity index is 1100. The second-order valence-electron chi connectivity index (χ2n) is 7.52. The number of hydrogen-bond donors (Lipinski definition) is 2. The van der Waals surface area contributed by atoms with Gasteiger partial charge in [0, 0.05) is 31.1 Å². The number of carbonyl (C=O) groups excluding carboxylic acids is 2. The maximum atomic E-state index is 12.8. The van der Waals surface area contributed by atoms with Crippen LogP contribution in [0.15, 0.2) is 48.8 Å². The van der Waals surface area contributed by atoms with E-state index in [0.717, 1.165) is 16.7 Å². The summed E-state index contributed by atoms with van der Waals surface area (Å²) in [6, 6.07) is 10.3. The molecule has 2 N–H and O–H groups in total. The minimum absolute atomic E-state index is 0.173. The summed E-state index contributed by atoms with van der Waals surface area (Å²) < 4.78 is 12.6. The van der Waals surface area contributed by atoms with E-state index in [4.69, 9.17) is 9.47 Å². The highest BCUT2D eigenvalue weighted by Crippen LogP contribution is 2.29. The predicted octanol–water partition coefficient (Wildman–Crippen LogP) is 2.69. The van der Waals surface area contributed by atoms with E-state index in [1.807, 2.05) is 49.7 Å².